The molecule has 21 heavy (non-hydrogen) atoms. The van der Waals surface area contributed by atoms with Crippen molar-refractivity contribution in [3.05, 3.63) is 52.5 Å². The van der Waals surface area contributed by atoms with Crippen LogP contribution in [0.1, 0.15) is 31.9 Å². The molecule has 0 aliphatic carbocycles. The van der Waals surface area contributed by atoms with Gasteiger partial charge in [-0.2, -0.15) is 0 Å². The first-order valence-corrected chi connectivity index (χ1v) is 7.33. The van der Waals surface area contributed by atoms with E-state index in [4.69, 9.17) is 17.3 Å². The molecule has 0 aliphatic rings. The van der Waals surface area contributed by atoms with Crippen LogP contribution in [0.3, 0.4) is 0 Å². The zero-order chi connectivity index (χ0) is 15.6. The van der Waals surface area contributed by atoms with E-state index in [2.05, 4.69) is 44.0 Å². The molecule has 1 aromatic heterocycles. The van der Waals surface area contributed by atoms with Gasteiger partial charge in [-0.1, -0.05) is 38.4 Å². The highest BCUT2D eigenvalue weighted by atomic mass is 35.5. The molecule has 0 amide bonds. The molecule has 2 aromatic carbocycles. The minimum Gasteiger partial charge on any atom is -0.399 e. The summed E-state index contributed by atoms with van der Waals surface area (Å²) in [5.41, 5.74) is 11.5. The Morgan fingerprint density at radius 2 is 1.62 bits per heavy atom. The highest BCUT2D eigenvalue weighted by molar-refractivity contribution is 6.31. The Kier molecular flexibility index (Phi) is 4.33. The largest absolute Gasteiger partial charge is 0.399 e. The van der Waals surface area contributed by atoms with Crippen molar-refractivity contribution in [3.63, 3.8) is 0 Å². The predicted octanol–water partition coefficient (Wildman–Crippen LogP) is 5.02. The molecule has 0 unspecified atom stereocenters. The molecule has 0 bridgehead atoms. The lowest BCUT2D eigenvalue weighted by Crippen LogP contribution is -2.11. The van der Waals surface area contributed by atoms with Crippen LogP contribution >= 0.6 is 11.6 Å². The average molecular weight is 304 g/mol. The molecular weight excluding hydrogens is 282 g/mol. The maximum Gasteiger partial charge on any atom is 0.0804 e. The van der Waals surface area contributed by atoms with Gasteiger partial charge in [-0.05, 0) is 53.8 Å². The van der Waals surface area contributed by atoms with Crippen molar-refractivity contribution in [2.24, 2.45) is 0 Å². The van der Waals surface area contributed by atoms with Gasteiger partial charge in [-0.3, -0.25) is 10.2 Å². The van der Waals surface area contributed by atoms with Crippen molar-refractivity contribution in [2.45, 2.75) is 33.1 Å². The maximum atomic E-state index is 5.76. The van der Waals surface area contributed by atoms with Gasteiger partial charge in [-0.15, -0.1) is 0 Å². The number of benzene rings is 2. The van der Waals surface area contributed by atoms with Crippen molar-refractivity contribution < 1.29 is 0 Å². The molecule has 3 aromatic rings. The van der Waals surface area contributed by atoms with Crippen molar-refractivity contribution >= 4 is 28.3 Å². The molecule has 0 saturated heterocycles. The number of rotatable bonds is 0. The Morgan fingerprint density at radius 1 is 0.952 bits per heavy atom. The number of aromatic amines is 2. The monoisotopic (exact) mass is 303 g/mol. The molecule has 0 atom stereocenters. The first-order valence-electron chi connectivity index (χ1n) is 6.95. The number of hydrogen-bond donors (Lipinski definition) is 3. The molecule has 0 radical (unpaired) electrons. The van der Waals surface area contributed by atoms with Crippen LogP contribution in [0.25, 0.3) is 11.0 Å². The number of nitrogens with one attached hydrogen (secondary N) is 2. The SMILES string of the molecule is Cc1cc(N)cc(C(C)(C)C)c1.Clc1ccc2[nH][nH]c2c1. The number of fused-ring (bicyclic) bond motifs is 1. The summed E-state index contributed by atoms with van der Waals surface area (Å²) in [6.45, 7) is 8.66. The minimum atomic E-state index is 0.195. The Balaban J connectivity index is 0.000000159. The summed E-state index contributed by atoms with van der Waals surface area (Å²) in [4.78, 5) is 0. The summed E-state index contributed by atoms with van der Waals surface area (Å²) in [6, 6.07) is 11.9. The summed E-state index contributed by atoms with van der Waals surface area (Å²) in [5.74, 6) is 0. The van der Waals surface area contributed by atoms with Gasteiger partial charge in [-0.25, -0.2) is 0 Å². The zero-order valence-electron chi connectivity index (χ0n) is 12.9. The quantitative estimate of drug-likeness (QED) is 0.502. The van der Waals surface area contributed by atoms with E-state index >= 15 is 0 Å². The molecule has 112 valence electrons. The molecule has 4 heteroatoms. The average Bonchev–Trinajstić information content (AvgIpc) is 2.32. The van der Waals surface area contributed by atoms with Gasteiger partial charge in [0, 0.05) is 10.7 Å². The lowest BCUT2D eigenvalue weighted by molar-refractivity contribution is 0.590. The van der Waals surface area contributed by atoms with Gasteiger partial charge in [0.15, 0.2) is 0 Å². The molecule has 0 fully saturated rings. The molecule has 4 N–H and O–H groups in total. The fourth-order valence-corrected chi connectivity index (χ4v) is 2.22. The molecule has 1 heterocycles. The van der Waals surface area contributed by atoms with Crippen LogP contribution in [0.15, 0.2) is 36.4 Å². The fraction of sp³-hybridized carbons (Fsp3) is 0.294. The molecule has 3 nitrogen and oxygen atoms in total. The third kappa shape index (κ3) is 4.05. The highest BCUT2D eigenvalue weighted by Crippen LogP contribution is 2.25. The Bertz CT molecular complexity index is 712. The second-order valence-electron chi connectivity index (χ2n) is 6.32. The van der Waals surface area contributed by atoms with E-state index in [0.29, 0.717) is 0 Å². The molecule has 0 saturated carbocycles. The lowest BCUT2D eigenvalue weighted by Gasteiger charge is -2.19. The number of hydrogen-bond acceptors (Lipinski definition) is 1. The standard InChI is InChI=1S/C11H17N.C6H5ClN2/c1-8-5-9(11(2,3)4)7-10(12)6-8;7-4-1-2-5-6(3-4)9-8-5/h5-7H,12H2,1-4H3;1-3,8-9H. The van der Waals surface area contributed by atoms with Crippen LogP contribution in [0, 0.1) is 6.92 Å². The summed E-state index contributed by atoms with van der Waals surface area (Å²) < 4.78 is 0. The lowest BCUT2D eigenvalue weighted by atomic mass is 9.86. The number of H-pyrrole nitrogens is 2. The van der Waals surface area contributed by atoms with E-state index in [1.54, 1.807) is 0 Å². The van der Waals surface area contributed by atoms with E-state index in [1.165, 1.54) is 11.1 Å². The van der Waals surface area contributed by atoms with E-state index in [9.17, 15) is 0 Å². The van der Waals surface area contributed by atoms with Crippen LogP contribution < -0.4 is 5.73 Å². The Morgan fingerprint density at radius 3 is 2.05 bits per heavy atom. The summed E-state index contributed by atoms with van der Waals surface area (Å²) in [5, 5.41) is 6.57. The van der Waals surface area contributed by atoms with Gasteiger partial charge in [0.1, 0.15) is 0 Å². The van der Waals surface area contributed by atoms with Crippen LogP contribution in [0.5, 0.6) is 0 Å². The van der Waals surface area contributed by atoms with Crippen molar-refractivity contribution in [1.29, 1.82) is 0 Å². The third-order valence-electron chi connectivity index (χ3n) is 3.28. The number of nitrogen functional groups attached to an aromatic ring is 1. The number of aryl methyl sites for hydroxylation is 1. The maximum absolute atomic E-state index is 5.76. The van der Waals surface area contributed by atoms with Crippen molar-refractivity contribution in [3.8, 4) is 0 Å². The summed E-state index contributed by atoms with van der Waals surface area (Å²) in [6.07, 6.45) is 0. The molecule has 3 rings (SSSR count). The summed E-state index contributed by atoms with van der Waals surface area (Å²) in [7, 11) is 0. The van der Waals surface area contributed by atoms with Crippen molar-refractivity contribution in [1.82, 2.24) is 10.2 Å². The first-order chi connectivity index (χ1) is 9.75. The normalized spacial score (nSPS) is 11.3. The smallest absolute Gasteiger partial charge is 0.0804 e. The van der Waals surface area contributed by atoms with Gasteiger partial charge < -0.3 is 5.73 Å². The third-order valence-corrected chi connectivity index (χ3v) is 3.51. The summed E-state index contributed by atoms with van der Waals surface area (Å²) >= 11 is 5.68. The topological polar surface area (TPSA) is 57.6 Å². The fourth-order valence-electron chi connectivity index (χ4n) is 2.05. The molecule has 0 aliphatic heterocycles. The molecular formula is C17H22ClN3. The number of aromatic nitrogens is 2. The second kappa shape index (κ2) is 5.86. The van der Waals surface area contributed by atoms with Crippen LogP contribution in [0.4, 0.5) is 5.69 Å². The van der Waals surface area contributed by atoms with Gasteiger partial charge in [0.25, 0.3) is 0 Å². The van der Waals surface area contributed by atoms with E-state index in [0.717, 1.165) is 21.7 Å². The van der Waals surface area contributed by atoms with Gasteiger partial charge in [0.2, 0.25) is 0 Å². The van der Waals surface area contributed by atoms with E-state index in [-0.39, 0.29) is 5.41 Å². The van der Waals surface area contributed by atoms with Crippen LogP contribution in [0.2, 0.25) is 5.02 Å². The zero-order valence-corrected chi connectivity index (χ0v) is 13.7. The Hall–Kier alpha value is -1.87. The van der Waals surface area contributed by atoms with E-state index < -0.39 is 0 Å². The number of anilines is 1. The minimum absolute atomic E-state index is 0.195. The van der Waals surface area contributed by atoms with Crippen molar-refractivity contribution in [2.75, 3.05) is 5.73 Å². The number of halogens is 1. The predicted molar refractivity (Wildman–Crippen MR) is 92.0 cm³/mol. The van der Waals surface area contributed by atoms with Gasteiger partial charge >= 0.3 is 0 Å². The van der Waals surface area contributed by atoms with Crippen LogP contribution in [-0.2, 0) is 5.41 Å². The highest BCUT2D eigenvalue weighted by Gasteiger charge is 2.13. The first kappa shape index (κ1) is 15.5. The molecule has 0 spiro atoms. The Labute approximate surface area is 130 Å². The van der Waals surface area contributed by atoms with Gasteiger partial charge in [0.05, 0.1) is 11.0 Å². The van der Waals surface area contributed by atoms with E-state index in [1.807, 2.05) is 30.3 Å². The second-order valence-corrected chi connectivity index (χ2v) is 6.76. The number of nitrogens with two attached hydrogens (primary N) is 1. The van der Waals surface area contributed by atoms with Crippen LogP contribution in [-0.4, -0.2) is 10.2 Å².